The van der Waals surface area contributed by atoms with Crippen LogP contribution >= 0.6 is 10.7 Å². The third-order valence-corrected chi connectivity index (χ3v) is 1.67. The summed E-state index contributed by atoms with van der Waals surface area (Å²) in [6, 6.07) is 0. The molecule has 0 aromatic rings. The van der Waals surface area contributed by atoms with Gasteiger partial charge in [-0.25, -0.2) is 8.42 Å². The third kappa shape index (κ3) is 7.78. The first-order chi connectivity index (χ1) is 4.42. The van der Waals surface area contributed by atoms with Gasteiger partial charge in [0.15, 0.2) is 0 Å². The van der Waals surface area contributed by atoms with Crippen molar-refractivity contribution in [2.75, 3.05) is 19.8 Å². The minimum atomic E-state index is -3.36. The smallest absolute Gasteiger partial charge is 0.236 e. The van der Waals surface area contributed by atoms with Crippen LogP contribution in [0.5, 0.6) is 0 Å². The number of nitrogens with zero attached hydrogens (tertiary/aromatic N) is 1. The molecule has 10 heavy (non-hydrogen) atoms. The molecule has 0 radical (unpaired) electrons. The van der Waals surface area contributed by atoms with Crippen LogP contribution in [0.4, 0.5) is 0 Å². The first kappa shape index (κ1) is 9.78. The summed E-state index contributed by atoms with van der Waals surface area (Å²) in [5.74, 6) is -0.118. The van der Waals surface area contributed by atoms with Crippen molar-refractivity contribution in [2.45, 2.75) is 0 Å². The second-order valence-corrected chi connectivity index (χ2v) is 4.88. The lowest BCUT2D eigenvalue weighted by Gasteiger charge is -2.01. The lowest BCUT2D eigenvalue weighted by molar-refractivity contribution is 0.562. The van der Waals surface area contributed by atoms with Crippen LogP contribution in [-0.2, 0) is 9.05 Å². The van der Waals surface area contributed by atoms with E-state index in [0.29, 0.717) is 0 Å². The van der Waals surface area contributed by atoms with E-state index < -0.39 is 9.05 Å². The topological polar surface area (TPSA) is 37.4 Å². The molecule has 0 saturated carbocycles. The lowest BCUT2D eigenvalue weighted by Crippen LogP contribution is -2.02. The van der Waals surface area contributed by atoms with Gasteiger partial charge >= 0.3 is 0 Å². The SMILES string of the molecule is CN(C)C=CCS(=O)(=O)Cl. The normalized spacial score (nSPS) is 12.3. The Bertz CT molecular complexity index is 208. The average Bonchev–Trinajstić information content (AvgIpc) is 1.59. The molecule has 0 rings (SSSR count). The van der Waals surface area contributed by atoms with E-state index in [1.165, 1.54) is 6.08 Å². The highest BCUT2D eigenvalue weighted by Gasteiger charge is 1.98. The summed E-state index contributed by atoms with van der Waals surface area (Å²) in [5.41, 5.74) is 0. The standard InChI is InChI=1S/C5H10ClNO2S/c1-7(2)4-3-5-10(6,8)9/h3-4H,5H2,1-2H3. The fraction of sp³-hybridized carbons (Fsp3) is 0.600. The van der Waals surface area contributed by atoms with E-state index >= 15 is 0 Å². The summed E-state index contributed by atoms with van der Waals surface area (Å²) in [7, 11) is 5.16. The summed E-state index contributed by atoms with van der Waals surface area (Å²) >= 11 is 0. The molecule has 3 nitrogen and oxygen atoms in total. The Morgan fingerprint density at radius 2 is 2.00 bits per heavy atom. The van der Waals surface area contributed by atoms with Crippen molar-refractivity contribution >= 4 is 19.7 Å². The minimum absolute atomic E-state index is 0.118. The van der Waals surface area contributed by atoms with Crippen LogP contribution in [0.3, 0.4) is 0 Å². The Balaban J connectivity index is 3.77. The molecule has 0 unspecified atom stereocenters. The zero-order chi connectivity index (χ0) is 8.20. The summed E-state index contributed by atoms with van der Waals surface area (Å²) in [6.45, 7) is 0. The fourth-order valence-electron chi connectivity index (χ4n) is 0.369. The van der Waals surface area contributed by atoms with E-state index in [1.807, 2.05) is 0 Å². The highest BCUT2D eigenvalue weighted by Crippen LogP contribution is 1.95. The molecule has 0 aliphatic carbocycles. The van der Waals surface area contributed by atoms with Crippen LogP contribution in [0.2, 0.25) is 0 Å². The molecule has 0 aliphatic rings. The lowest BCUT2D eigenvalue weighted by atomic mass is 10.7. The molecule has 0 atom stereocenters. The molecule has 0 aliphatic heterocycles. The van der Waals surface area contributed by atoms with Crippen LogP contribution in [0.15, 0.2) is 12.3 Å². The highest BCUT2D eigenvalue weighted by molar-refractivity contribution is 8.13. The van der Waals surface area contributed by atoms with Gasteiger partial charge in [0.25, 0.3) is 0 Å². The summed E-state index contributed by atoms with van der Waals surface area (Å²) in [5, 5.41) is 0. The quantitative estimate of drug-likeness (QED) is 0.603. The number of rotatable bonds is 3. The maximum Gasteiger partial charge on any atom is 0.236 e. The van der Waals surface area contributed by atoms with Crippen molar-refractivity contribution in [3.8, 4) is 0 Å². The van der Waals surface area contributed by atoms with Crippen molar-refractivity contribution in [3.63, 3.8) is 0 Å². The predicted octanol–water partition coefficient (Wildman–Crippen LogP) is 0.630. The average molecular weight is 184 g/mol. The second-order valence-electron chi connectivity index (χ2n) is 2.05. The Hall–Kier alpha value is -0.220. The van der Waals surface area contributed by atoms with Gasteiger partial charge < -0.3 is 4.90 Å². The van der Waals surface area contributed by atoms with Gasteiger partial charge in [-0.2, -0.15) is 0 Å². The summed E-state index contributed by atoms with van der Waals surface area (Å²) in [4.78, 5) is 1.74. The monoisotopic (exact) mass is 183 g/mol. The maximum atomic E-state index is 10.3. The molecule has 0 amide bonds. The Morgan fingerprint density at radius 3 is 2.30 bits per heavy atom. The minimum Gasteiger partial charge on any atom is -0.384 e. The van der Waals surface area contributed by atoms with Crippen LogP contribution in [0.1, 0.15) is 0 Å². The van der Waals surface area contributed by atoms with E-state index in [4.69, 9.17) is 10.7 Å². The Labute approximate surface area is 65.7 Å². The van der Waals surface area contributed by atoms with E-state index in [0.717, 1.165) is 0 Å². The van der Waals surface area contributed by atoms with Gasteiger partial charge in [0, 0.05) is 24.8 Å². The number of hydrogen-bond donors (Lipinski definition) is 0. The molecule has 0 aromatic carbocycles. The zero-order valence-electron chi connectivity index (χ0n) is 5.91. The van der Waals surface area contributed by atoms with E-state index in [9.17, 15) is 8.42 Å². The molecular weight excluding hydrogens is 174 g/mol. The molecule has 0 spiro atoms. The zero-order valence-corrected chi connectivity index (χ0v) is 7.48. The predicted molar refractivity (Wildman–Crippen MR) is 42.5 cm³/mol. The first-order valence-corrected chi connectivity index (χ1v) is 5.15. The first-order valence-electron chi connectivity index (χ1n) is 2.67. The van der Waals surface area contributed by atoms with Gasteiger partial charge in [-0.05, 0) is 6.20 Å². The molecule has 0 fully saturated rings. The fourth-order valence-corrected chi connectivity index (χ4v) is 0.903. The van der Waals surface area contributed by atoms with Crippen molar-refractivity contribution < 1.29 is 8.42 Å². The van der Waals surface area contributed by atoms with Crippen molar-refractivity contribution in [1.29, 1.82) is 0 Å². The molecule has 0 N–H and O–H groups in total. The molecule has 0 aromatic heterocycles. The van der Waals surface area contributed by atoms with Crippen molar-refractivity contribution in [1.82, 2.24) is 4.90 Å². The van der Waals surface area contributed by atoms with Crippen LogP contribution in [-0.4, -0.2) is 33.2 Å². The van der Waals surface area contributed by atoms with E-state index in [1.54, 1.807) is 25.2 Å². The van der Waals surface area contributed by atoms with E-state index in [2.05, 4.69) is 0 Å². The molecule has 0 heterocycles. The van der Waals surface area contributed by atoms with Crippen molar-refractivity contribution in [2.24, 2.45) is 0 Å². The summed E-state index contributed by atoms with van der Waals surface area (Å²) < 4.78 is 20.6. The molecule has 60 valence electrons. The largest absolute Gasteiger partial charge is 0.384 e. The Morgan fingerprint density at radius 1 is 1.50 bits per heavy atom. The Kier molecular flexibility index (Phi) is 3.75. The van der Waals surface area contributed by atoms with Gasteiger partial charge in [-0.1, -0.05) is 6.08 Å². The molecule has 5 heteroatoms. The number of hydrogen-bond acceptors (Lipinski definition) is 3. The van der Waals surface area contributed by atoms with Gasteiger partial charge in [-0.3, -0.25) is 0 Å². The van der Waals surface area contributed by atoms with Gasteiger partial charge in [-0.15, -0.1) is 0 Å². The van der Waals surface area contributed by atoms with Gasteiger partial charge in [0.2, 0.25) is 9.05 Å². The third-order valence-electron chi connectivity index (χ3n) is 0.699. The molecular formula is C5H10ClNO2S. The van der Waals surface area contributed by atoms with Gasteiger partial charge in [0.1, 0.15) is 0 Å². The van der Waals surface area contributed by atoms with E-state index in [-0.39, 0.29) is 5.75 Å². The van der Waals surface area contributed by atoms with Gasteiger partial charge in [0.05, 0.1) is 5.75 Å². The molecule has 0 saturated heterocycles. The van der Waals surface area contributed by atoms with Crippen molar-refractivity contribution in [3.05, 3.63) is 12.3 Å². The number of halogens is 1. The van der Waals surface area contributed by atoms with Crippen LogP contribution in [0.25, 0.3) is 0 Å². The second kappa shape index (κ2) is 3.83. The highest BCUT2D eigenvalue weighted by atomic mass is 35.7. The maximum absolute atomic E-state index is 10.3. The van der Waals surface area contributed by atoms with Crippen LogP contribution in [0, 0.1) is 0 Å². The summed E-state index contributed by atoms with van der Waals surface area (Å²) in [6.07, 6.45) is 3.13. The van der Waals surface area contributed by atoms with Crippen LogP contribution < -0.4 is 0 Å². The molecule has 0 bridgehead atoms.